The van der Waals surface area contributed by atoms with Crippen LogP contribution in [0.1, 0.15) is 29.7 Å². The number of rotatable bonds is 2. The smallest absolute Gasteiger partial charge is 0.236 e. The van der Waals surface area contributed by atoms with Gasteiger partial charge in [-0.05, 0) is 45.8 Å². The number of carbonyl (C=O) groups is 1. The molecule has 0 aliphatic carbocycles. The van der Waals surface area contributed by atoms with E-state index >= 15 is 0 Å². The van der Waals surface area contributed by atoms with Gasteiger partial charge in [-0.1, -0.05) is 13.0 Å². The number of nitrogens with zero attached hydrogens (tertiary/aromatic N) is 1. The van der Waals surface area contributed by atoms with Crippen molar-refractivity contribution in [2.75, 3.05) is 7.05 Å². The molecule has 1 aliphatic heterocycles. The monoisotopic (exact) mass is 416 g/mol. The van der Waals surface area contributed by atoms with Crippen molar-refractivity contribution in [2.24, 2.45) is 0 Å². The number of halogens is 1. The first kappa shape index (κ1) is 16.5. The first-order valence-electron chi connectivity index (χ1n) is 7.97. The number of thiophene rings is 1. The first-order valence-corrected chi connectivity index (χ1v) is 9.64. The lowest BCUT2D eigenvalue weighted by atomic mass is 9.67. The molecule has 3 heterocycles. The van der Waals surface area contributed by atoms with Crippen molar-refractivity contribution >= 4 is 50.0 Å². The Morgan fingerprint density at radius 1 is 1.36 bits per heavy atom. The third kappa shape index (κ3) is 2.55. The number of carbonyl (C=O) groups excluding carboxylic acids is 1. The van der Waals surface area contributed by atoms with Crippen molar-refractivity contribution in [1.29, 1.82) is 5.41 Å². The van der Waals surface area contributed by atoms with E-state index in [1.807, 2.05) is 29.6 Å². The van der Waals surface area contributed by atoms with Gasteiger partial charge in [-0.25, -0.2) is 0 Å². The number of benzene rings is 1. The highest BCUT2D eigenvalue weighted by Crippen LogP contribution is 2.48. The van der Waals surface area contributed by atoms with Crippen LogP contribution in [0.25, 0.3) is 11.0 Å². The van der Waals surface area contributed by atoms with Crippen molar-refractivity contribution in [2.45, 2.75) is 24.7 Å². The molecule has 0 saturated carbocycles. The molecule has 1 aliphatic rings. The molecule has 6 heteroatoms. The second kappa shape index (κ2) is 5.81. The van der Waals surface area contributed by atoms with Crippen molar-refractivity contribution < 1.29 is 9.21 Å². The maximum atomic E-state index is 13.2. The summed E-state index contributed by atoms with van der Waals surface area (Å²) in [5.74, 6) is -0.0137. The third-order valence-corrected chi connectivity index (χ3v) is 7.07. The van der Waals surface area contributed by atoms with Crippen LogP contribution in [0.3, 0.4) is 0 Å². The van der Waals surface area contributed by atoms with E-state index in [1.165, 1.54) is 4.90 Å². The topological polar surface area (TPSA) is 57.3 Å². The van der Waals surface area contributed by atoms with E-state index in [4.69, 9.17) is 9.83 Å². The van der Waals surface area contributed by atoms with Crippen molar-refractivity contribution in [3.05, 3.63) is 56.9 Å². The van der Waals surface area contributed by atoms with Gasteiger partial charge in [-0.2, -0.15) is 0 Å². The van der Waals surface area contributed by atoms with Gasteiger partial charge in [-0.15, -0.1) is 11.3 Å². The van der Waals surface area contributed by atoms with Crippen molar-refractivity contribution in [3.8, 4) is 0 Å². The Morgan fingerprint density at radius 3 is 2.88 bits per heavy atom. The molecule has 1 N–H and O–H groups in total. The molecule has 4 nitrogen and oxygen atoms in total. The molecule has 2 atom stereocenters. The largest absolute Gasteiger partial charge is 0.464 e. The summed E-state index contributed by atoms with van der Waals surface area (Å²) in [6, 6.07) is 9.91. The minimum atomic E-state index is -0.450. The van der Waals surface area contributed by atoms with Crippen LogP contribution in [-0.4, -0.2) is 23.7 Å². The fourth-order valence-corrected chi connectivity index (χ4v) is 5.31. The Labute approximate surface area is 158 Å². The number of fused-ring (bicyclic) bond motifs is 1. The second-order valence-electron chi connectivity index (χ2n) is 6.72. The van der Waals surface area contributed by atoms with Crippen LogP contribution in [-0.2, 0) is 10.2 Å². The van der Waals surface area contributed by atoms with E-state index in [-0.39, 0.29) is 11.8 Å². The number of nitrogens with one attached hydrogen (secondary N) is 1. The lowest BCUT2D eigenvalue weighted by Crippen LogP contribution is -2.51. The summed E-state index contributed by atoms with van der Waals surface area (Å²) in [6.07, 6.45) is 2.19. The van der Waals surface area contributed by atoms with Gasteiger partial charge in [-0.3, -0.25) is 10.2 Å². The Hall–Kier alpha value is -1.92. The summed E-state index contributed by atoms with van der Waals surface area (Å²) in [6.45, 7) is 2.09. The molecule has 3 aromatic rings. The standard InChI is InChI=1S/C19H17BrN2O2S/c1-19(15-8-13(20)10-25-15)9-16(21)22(2)18(23)17(19)12-3-4-14-11(7-12)5-6-24-14/h3-8,10,17,21H,9H2,1-2H3/t17-,19+/m0/s1. The molecule has 25 heavy (non-hydrogen) atoms. The minimum Gasteiger partial charge on any atom is -0.464 e. The maximum absolute atomic E-state index is 13.2. The van der Waals surface area contributed by atoms with Crippen LogP contribution in [0.5, 0.6) is 0 Å². The molecule has 0 bridgehead atoms. The zero-order chi connectivity index (χ0) is 17.8. The Morgan fingerprint density at radius 2 is 2.16 bits per heavy atom. The number of amides is 1. The van der Waals surface area contributed by atoms with Gasteiger partial charge in [0.05, 0.1) is 12.2 Å². The lowest BCUT2D eigenvalue weighted by Gasteiger charge is -2.44. The molecule has 1 amide bonds. The SMILES string of the molecule is CN1C(=N)C[C@](C)(c2cc(Br)cs2)[C@@H](c2ccc3occc3c2)C1=O. The van der Waals surface area contributed by atoms with E-state index < -0.39 is 5.41 Å². The summed E-state index contributed by atoms with van der Waals surface area (Å²) in [5.41, 5.74) is 1.33. The minimum absolute atomic E-state index is 0.0360. The van der Waals surface area contributed by atoms with Crippen molar-refractivity contribution in [1.82, 2.24) is 4.90 Å². The summed E-state index contributed by atoms with van der Waals surface area (Å²) < 4.78 is 6.44. The normalized spacial score (nSPS) is 24.3. The van der Waals surface area contributed by atoms with E-state index in [9.17, 15) is 4.79 Å². The van der Waals surface area contributed by atoms with E-state index in [0.717, 1.165) is 25.9 Å². The number of piperidine rings is 1. The predicted octanol–water partition coefficient (Wildman–Crippen LogP) is 5.14. The van der Waals surface area contributed by atoms with Gasteiger partial charge in [0.2, 0.25) is 5.91 Å². The number of hydrogen-bond donors (Lipinski definition) is 1. The highest BCUT2D eigenvalue weighted by Gasteiger charge is 2.49. The lowest BCUT2D eigenvalue weighted by molar-refractivity contribution is -0.131. The van der Waals surface area contributed by atoms with E-state index in [1.54, 1.807) is 24.6 Å². The Balaban J connectivity index is 1.90. The summed E-state index contributed by atoms with van der Waals surface area (Å²) in [5, 5.41) is 11.3. The number of likely N-dealkylation sites (tertiary alicyclic amines) is 1. The Kier molecular flexibility index (Phi) is 3.85. The molecule has 0 unspecified atom stereocenters. The van der Waals surface area contributed by atoms with Gasteiger partial charge < -0.3 is 9.32 Å². The summed E-state index contributed by atoms with van der Waals surface area (Å²) >= 11 is 5.15. The zero-order valence-corrected chi connectivity index (χ0v) is 16.3. The van der Waals surface area contributed by atoms with Crippen LogP contribution >= 0.6 is 27.3 Å². The first-order chi connectivity index (χ1) is 11.9. The maximum Gasteiger partial charge on any atom is 0.236 e. The van der Waals surface area contributed by atoms with Crippen LogP contribution in [0.4, 0.5) is 0 Å². The van der Waals surface area contributed by atoms with Crippen LogP contribution in [0.2, 0.25) is 0 Å². The fourth-order valence-electron chi connectivity index (χ4n) is 3.68. The van der Waals surface area contributed by atoms with Gasteiger partial charge in [0, 0.05) is 39.0 Å². The molecule has 1 saturated heterocycles. The highest BCUT2D eigenvalue weighted by molar-refractivity contribution is 9.10. The Bertz CT molecular complexity index is 992. The third-order valence-electron chi connectivity index (χ3n) is 5.09. The van der Waals surface area contributed by atoms with Gasteiger partial charge in [0.1, 0.15) is 11.4 Å². The van der Waals surface area contributed by atoms with Gasteiger partial charge in [0.25, 0.3) is 0 Å². The molecule has 128 valence electrons. The zero-order valence-electron chi connectivity index (χ0n) is 13.9. The average Bonchev–Trinajstić information content (AvgIpc) is 3.21. The second-order valence-corrected chi connectivity index (χ2v) is 8.55. The average molecular weight is 417 g/mol. The molecule has 4 rings (SSSR count). The van der Waals surface area contributed by atoms with Crippen LogP contribution in [0.15, 0.2) is 50.9 Å². The molecule has 1 fully saturated rings. The van der Waals surface area contributed by atoms with Gasteiger partial charge in [0.15, 0.2) is 0 Å². The number of hydrogen-bond acceptors (Lipinski definition) is 4. The molecular formula is C19H17BrN2O2S. The number of amidine groups is 1. The molecule has 0 spiro atoms. The predicted molar refractivity (Wildman–Crippen MR) is 103 cm³/mol. The molecule has 1 aromatic carbocycles. The summed E-state index contributed by atoms with van der Waals surface area (Å²) in [4.78, 5) is 15.8. The number of furan rings is 1. The van der Waals surface area contributed by atoms with E-state index in [0.29, 0.717) is 12.3 Å². The number of likely N-dealkylation sites (N-methyl/N-ethyl adjacent to an activating group) is 1. The molecular weight excluding hydrogens is 400 g/mol. The van der Waals surface area contributed by atoms with E-state index in [2.05, 4.69) is 28.9 Å². The van der Waals surface area contributed by atoms with Crippen molar-refractivity contribution in [3.63, 3.8) is 0 Å². The van der Waals surface area contributed by atoms with Crippen LogP contribution in [0, 0.1) is 5.41 Å². The fraction of sp³-hybridized carbons (Fsp3) is 0.263. The highest BCUT2D eigenvalue weighted by atomic mass is 79.9. The molecule has 0 radical (unpaired) electrons. The van der Waals surface area contributed by atoms with Gasteiger partial charge >= 0.3 is 0 Å². The van der Waals surface area contributed by atoms with Crippen LogP contribution < -0.4 is 0 Å². The quantitative estimate of drug-likeness (QED) is 0.628. The molecule has 2 aromatic heterocycles. The summed E-state index contributed by atoms with van der Waals surface area (Å²) in [7, 11) is 1.69.